The molecule has 0 atom stereocenters. The zero-order chi connectivity index (χ0) is 59.1. The van der Waals surface area contributed by atoms with E-state index in [-0.39, 0.29) is 65.4 Å². The predicted octanol–water partition coefficient (Wildman–Crippen LogP) is 12.2. The fraction of sp³-hybridized carbons (Fsp3) is 0.373. The van der Waals surface area contributed by atoms with E-state index in [2.05, 4.69) is 158 Å². The number of aliphatic carboxylic acids is 1. The number of nitrogens with zero attached hydrogens (tertiary/aromatic N) is 6. The number of carbonyl (C=O) groups excluding carboxylic acids is 1. The lowest BCUT2D eigenvalue weighted by atomic mass is 9.79. The number of carboxylic acids is 1. The van der Waals surface area contributed by atoms with Crippen molar-refractivity contribution < 1.29 is 34.4 Å². The van der Waals surface area contributed by atoms with Crippen LogP contribution in [0.3, 0.4) is 0 Å². The van der Waals surface area contributed by atoms with E-state index in [1.165, 1.54) is 9.36 Å². The van der Waals surface area contributed by atoms with Gasteiger partial charge in [-0.15, -0.1) is 10.2 Å². The van der Waals surface area contributed by atoms with Crippen LogP contribution >= 0.6 is 0 Å². The number of hydrogen-bond donors (Lipinski definition) is 5. The van der Waals surface area contributed by atoms with E-state index in [0.29, 0.717) is 76.5 Å². The van der Waals surface area contributed by atoms with Crippen molar-refractivity contribution in [2.75, 3.05) is 11.1 Å². The average Bonchev–Trinajstić information content (AvgIpc) is 3.95. The number of hydrogen-bond acceptors (Lipinski definition) is 11. The van der Waals surface area contributed by atoms with E-state index in [4.69, 9.17) is 15.2 Å². The van der Waals surface area contributed by atoms with Crippen LogP contribution in [0.25, 0.3) is 0 Å². The molecule has 0 spiro atoms. The van der Waals surface area contributed by atoms with Crippen molar-refractivity contribution in [3.05, 3.63) is 199 Å². The van der Waals surface area contributed by atoms with Crippen molar-refractivity contribution in [2.45, 2.75) is 163 Å². The molecule has 2 heterocycles. The van der Waals surface area contributed by atoms with Crippen LogP contribution in [0.2, 0.25) is 0 Å². The first-order chi connectivity index (χ1) is 38.5. The minimum absolute atomic E-state index is 0.00524. The Labute approximate surface area is 481 Å². The fourth-order valence-corrected chi connectivity index (χ4v) is 10.3. The lowest BCUT2D eigenvalue weighted by molar-refractivity contribution is -0.138. The highest BCUT2D eigenvalue weighted by atomic mass is 16.5. The van der Waals surface area contributed by atoms with Gasteiger partial charge in [0, 0.05) is 37.1 Å². The molecule has 0 fully saturated rings. The Bertz CT molecular complexity index is 3540. The predicted molar refractivity (Wildman–Crippen MR) is 320 cm³/mol. The smallest absolute Gasteiger partial charge is 0.325 e. The van der Waals surface area contributed by atoms with Gasteiger partial charge in [-0.05, 0) is 130 Å². The number of phenols is 2. The molecule has 8 aromatic rings. The van der Waals surface area contributed by atoms with Crippen molar-refractivity contribution in [2.24, 2.45) is 0 Å². The summed E-state index contributed by atoms with van der Waals surface area (Å²) in [4.78, 5) is 25.0. The third kappa shape index (κ3) is 14.0. The van der Waals surface area contributed by atoms with Gasteiger partial charge in [0.15, 0.2) is 0 Å². The Morgan fingerprint density at radius 1 is 0.512 bits per heavy atom. The highest BCUT2D eigenvalue weighted by molar-refractivity contribution is 5.90. The van der Waals surface area contributed by atoms with Gasteiger partial charge < -0.3 is 35.8 Å². The number of aromatic hydroxyl groups is 2. The van der Waals surface area contributed by atoms with Crippen molar-refractivity contribution >= 4 is 23.3 Å². The molecule has 1 aliphatic carbocycles. The zero-order valence-electron chi connectivity index (χ0n) is 49.5. The van der Waals surface area contributed by atoms with E-state index < -0.39 is 5.97 Å². The second kappa shape index (κ2) is 22.8. The summed E-state index contributed by atoms with van der Waals surface area (Å²) < 4.78 is 16.6. The molecule has 428 valence electrons. The van der Waals surface area contributed by atoms with Gasteiger partial charge in [-0.2, -0.15) is 0 Å². The molecule has 1 aliphatic rings. The first-order valence-corrected chi connectivity index (χ1v) is 28.0. The number of carbonyl (C=O) groups is 2. The lowest BCUT2D eigenvalue weighted by Crippen LogP contribution is -2.19. The third-order valence-corrected chi connectivity index (χ3v) is 15.1. The molecule has 9 rings (SSSR count). The Kier molecular flexibility index (Phi) is 16.2. The first kappa shape index (κ1) is 58.2. The van der Waals surface area contributed by atoms with Crippen LogP contribution in [-0.4, -0.2) is 57.2 Å². The molecule has 15 heteroatoms. The molecule has 0 unspecified atom stereocenters. The molecule has 2 aromatic heterocycles. The molecule has 6 aromatic carbocycles. The van der Waals surface area contributed by atoms with Gasteiger partial charge in [0.25, 0.3) is 0 Å². The minimum Gasteiger partial charge on any atom is -0.507 e. The number of nitrogens with one attached hydrogen (secondary N) is 1. The van der Waals surface area contributed by atoms with Crippen molar-refractivity contribution in [1.29, 1.82) is 0 Å². The number of ether oxygens (including phenoxy) is 2. The number of nitrogens with two attached hydrogens (primary N) is 1. The molecule has 0 radical (unpaired) electrons. The zero-order valence-corrected chi connectivity index (χ0v) is 49.5. The molecule has 82 heavy (non-hydrogen) atoms. The number of fused-ring (bicyclic) bond motifs is 8. The van der Waals surface area contributed by atoms with Crippen LogP contribution in [-0.2, 0) is 89.7 Å². The van der Waals surface area contributed by atoms with Crippen LogP contribution < -0.4 is 20.5 Å². The maximum absolute atomic E-state index is 13.4. The molecule has 1 amide bonds. The molecule has 0 saturated carbocycles. The monoisotopic (exact) mass is 1110 g/mol. The van der Waals surface area contributed by atoms with Crippen LogP contribution in [0, 0.1) is 0 Å². The summed E-state index contributed by atoms with van der Waals surface area (Å²) in [5, 5.41) is 55.1. The van der Waals surface area contributed by atoms with Crippen molar-refractivity contribution in [1.82, 2.24) is 30.0 Å². The van der Waals surface area contributed by atoms with Crippen LogP contribution in [0.1, 0.15) is 172 Å². The summed E-state index contributed by atoms with van der Waals surface area (Å²) in [5.74, 6) is 0.211. The summed E-state index contributed by atoms with van der Waals surface area (Å²) in [6, 6.07) is 32.6. The Balaban J connectivity index is 1.12. The largest absolute Gasteiger partial charge is 0.507 e. The highest BCUT2D eigenvalue weighted by Crippen LogP contribution is 2.44. The van der Waals surface area contributed by atoms with Gasteiger partial charge in [0.05, 0.1) is 12.4 Å². The maximum atomic E-state index is 13.4. The lowest BCUT2D eigenvalue weighted by Gasteiger charge is -2.28. The van der Waals surface area contributed by atoms with Gasteiger partial charge in [0.2, 0.25) is 5.91 Å². The number of anilines is 2. The molecular weight excluding hydrogens is 1030 g/mol. The normalized spacial score (nSPS) is 13.0. The van der Waals surface area contributed by atoms with E-state index in [9.17, 15) is 24.9 Å². The van der Waals surface area contributed by atoms with Gasteiger partial charge in [-0.25, -0.2) is 9.36 Å². The van der Waals surface area contributed by atoms with Crippen LogP contribution in [0.5, 0.6) is 23.0 Å². The third-order valence-electron chi connectivity index (χ3n) is 15.1. The second-order valence-electron chi connectivity index (χ2n) is 26.2. The summed E-state index contributed by atoms with van der Waals surface area (Å²) in [5.41, 5.74) is 19.6. The van der Waals surface area contributed by atoms with Crippen LogP contribution in [0.4, 0.5) is 11.4 Å². The molecule has 8 bridgehead atoms. The first-order valence-electron chi connectivity index (χ1n) is 28.0. The molecule has 0 saturated heterocycles. The highest BCUT2D eigenvalue weighted by Gasteiger charge is 2.29. The summed E-state index contributed by atoms with van der Waals surface area (Å²) in [6.45, 7) is 25.7. The minimum atomic E-state index is -1.04. The van der Waals surface area contributed by atoms with E-state index in [1.807, 2.05) is 48.5 Å². The number of aromatic nitrogens is 6. The fourth-order valence-electron chi connectivity index (χ4n) is 10.3. The number of amides is 1. The average molecular weight is 1110 g/mol. The van der Waals surface area contributed by atoms with Gasteiger partial charge in [-0.1, -0.05) is 166 Å². The van der Waals surface area contributed by atoms with Crippen molar-refractivity contribution in [3.8, 4) is 23.0 Å². The molecule has 15 nitrogen and oxygen atoms in total. The topological polar surface area (TPSA) is 213 Å². The molecule has 0 aliphatic heterocycles. The standard InChI is InChI=1S/C67H78N8O7/c1-64(2,3)50-26-42-22-46-30-52(66(7,8)9)31-47(62(46)81-38-56-34-74(72-70-56)36-58(76)69-55-19-15-41(16-20-55)21-40-13-17-54(68)18-14-40)23-43-27-51(65(4,5)6)29-45(61(43)80)25-49-33-53(67(10,11)12)32-48(24-44(28-50)60(42)79)63(49)82-39-57-35-75(73-71-57)37-59(77)78/h13-20,26-35,79-80H,21-25,36-39,68H2,1-12H3,(H,69,76)(H,77,78). The van der Waals surface area contributed by atoms with E-state index in [1.54, 1.807) is 12.4 Å². The van der Waals surface area contributed by atoms with E-state index in [0.717, 1.165) is 67.7 Å². The maximum Gasteiger partial charge on any atom is 0.325 e. The van der Waals surface area contributed by atoms with Gasteiger partial charge in [0.1, 0.15) is 60.7 Å². The number of rotatable bonds is 13. The van der Waals surface area contributed by atoms with Gasteiger partial charge in [-0.3, -0.25) is 9.59 Å². The summed E-state index contributed by atoms with van der Waals surface area (Å²) in [6.07, 6.45) is 5.21. The second-order valence-corrected chi connectivity index (χ2v) is 26.2. The number of carboxylic acid groups (broad SMARTS) is 1. The Morgan fingerprint density at radius 3 is 1.18 bits per heavy atom. The number of benzene rings is 6. The Morgan fingerprint density at radius 2 is 0.841 bits per heavy atom. The molecular formula is C67H78N8O7. The quantitative estimate of drug-likeness (QED) is 0.0682. The van der Waals surface area contributed by atoms with E-state index >= 15 is 0 Å². The summed E-state index contributed by atoms with van der Waals surface area (Å²) in [7, 11) is 0. The Hall–Kier alpha value is -8.46. The van der Waals surface area contributed by atoms with Crippen molar-refractivity contribution in [3.63, 3.8) is 0 Å². The van der Waals surface area contributed by atoms with Crippen LogP contribution in [0.15, 0.2) is 109 Å². The number of nitrogen functional groups attached to an aromatic ring is 1. The summed E-state index contributed by atoms with van der Waals surface area (Å²) >= 11 is 0. The molecule has 6 N–H and O–H groups in total. The van der Waals surface area contributed by atoms with Gasteiger partial charge >= 0.3 is 5.97 Å². The number of phenolic OH excluding ortho intramolecular Hbond substituents is 2. The SMILES string of the molecule is CC(C)(C)c1cc2c(O)c(c1)Cc1cc(C(C)(C)C)cc(c1OCc1cn(CC(=O)Nc3ccc(Cc4ccc(N)cc4)cc3)nn1)Cc1cc(C(C)(C)C)cc(c1O)Cc1cc(C(C)(C)C)cc(c1OCc1cn(CC(=O)O)nn1)C2.